The smallest absolute Gasteiger partial charge is 0.323 e. The van der Waals surface area contributed by atoms with E-state index >= 15 is 0 Å². The van der Waals surface area contributed by atoms with Crippen LogP contribution in [0.1, 0.15) is 6.92 Å². The molecule has 0 saturated carbocycles. The maximum absolute atomic E-state index is 12.9. The Morgan fingerprint density at radius 2 is 2.09 bits per heavy atom. The molecule has 5 nitrogen and oxygen atoms in total. The highest BCUT2D eigenvalue weighted by Gasteiger charge is 2.36. The SMILES string of the molecule is C[C@H]1CN(C)CCN(C(=O)N(CC(F)(F)F)c2ccccn2)C1. The van der Waals surface area contributed by atoms with Crippen molar-refractivity contribution >= 4 is 11.8 Å². The van der Waals surface area contributed by atoms with Crippen molar-refractivity contribution in [2.45, 2.75) is 13.1 Å². The molecule has 2 heterocycles. The first-order valence-corrected chi connectivity index (χ1v) is 7.49. The van der Waals surface area contributed by atoms with Crippen LogP contribution in [0.25, 0.3) is 0 Å². The Labute approximate surface area is 133 Å². The summed E-state index contributed by atoms with van der Waals surface area (Å²) in [7, 11) is 1.94. The Morgan fingerprint density at radius 3 is 2.70 bits per heavy atom. The summed E-state index contributed by atoms with van der Waals surface area (Å²) in [5.74, 6) is 0.211. The first-order valence-electron chi connectivity index (χ1n) is 7.49. The lowest BCUT2D eigenvalue weighted by molar-refractivity contribution is -0.118. The predicted octanol–water partition coefficient (Wildman–Crippen LogP) is 2.45. The number of carbonyl (C=O) groups is 1. The van der Waals surface area contributed by atoms with Gasteiger partial charge in [0.2, 0.25) is 0 Å². The molecular weight excluding hydrogens is 309 g/mol. The Morgan fingerprint density at radius 1 is 1.35 bits per heavy atom. The molecule has 2 rings (SSSR count). The number of pyridine rings is 1. The molecule has 2 amide bonds. The molecular formula is C15H21F3N4O. The number of likely N-dealkylation sites (N-methyl/N-ethyl adjacent to an activating group) is 1. The van der Waals surface area contributed by atoms with E-state index in [1.807, 2.05) is 14.0 Å². The van der Waals surface area contributed by atoms with Gasteiger partial charge in [-0.1, -0.05) is 13.0 Å². The van der Waals surface area contributed by atoms with Crippen LogP contribution in [0.4, 0.5) is 23.8 Å². The van der Waals surface area contributed by atoms with Crippen LogP contribution in [0, 0.1) is 5.92 Å². The minimum Gasteiger partial charge on any atom is -0.323 e. The lowest BCUT2D eigenvalue weighted by atomic mass is 10.2. The number of anilines is 1. The van der Waals surface area contributed by atoms with Gasteiger partial charge in [0.15, 0.2) is 0 Å². The van der Waals surface area contributed by atoms with Crippen molar-refractivity contribution in [2.24, 2.45) is 5.92 Å². The number of urea groups is 1. The van der Waals surface area contributed by atoms with Gasteiger partial charge in [-0.2, -0.15) is 13.2 Å². The minimum atomic E-state index is -4.48. The Hall–Kier alpha value is -1.83. The Bertz CT molecular complexity index is 523. The predicted molar refractivity (Wildman–Crippen MR) is 81.3 cm³/mol. The summed E-state index contributed by atoms with van der Waals surface area (Å²) in [6.45, 7) is 2.93. The van der Waals surface area contributed by atoms with E-state index in [9.17, 15) is 18.0 Å². The molecule has 0 bridgehead atoms. The molecule has 1 fully saturated rings. The molecule has 1 aromatic heterocycles. The Kier molecular flexibility index (Phi) is 5.46. The summed E-state index contributed by atoms with van der Waals surface area (Å²) in [5, 5.41) is 0. The first kappa shape index (κ1) is 17.5. The van der Waals surface area contributed by atoms with E-state index in [1.165, 1.54) is 17.2 Å². The van der Waals surface area contributed by atoms with Gasteiger partial charge >= 0.3 is 12.2 Å². The summed E-state index contributed by atoms with van der Waals surface area (Å²) in [6, 6.07) is 3.93. The van der Waals surface area contributed by atoms with Gasteiger partial charge in [-0.3, -0.25) is 4.90 Å². The van der Waals surface area contributed by atoms with Crippen LogP contribution in [0.3, 0.4) is 0 Å². The lowest BCUT2D eigenvalue weighted by Gasteiger charge is -2.30. The van der Waals surface area contributed by atoms with Crippen molar-refractivity contribution < 1.29 is 18.0 Å². The Balaban J connectivity index is 2.22. The molecule has 1 atom stereocenters. The van der Waals surface area contributed by atoms with Crippen molar-refractivity contribution in [1.29, 1.82) is 0 Å². The average Bonchev–Trinajstić information content (AvgIpc) is 2.64. The fraction of sp³-hybridized carbons (Fsp3) is 0.600. The number of rotatable bonds is 2. The topological polar surface area (TPSA) is 39.7 Å². The number of nitrogens with zero attached hydrogens (tertiary/aromatic N) is 4. The van der Waals surface area contributed by atoms with Crippen LogP contribution in [0.5, 0.6) is 0 Å². The third-order valence-electron chi connectivity index (χ3n) is 3.67. The molecule has 0 unspecified atom stereocenters. The number of amides is 2. The number of hydrogen-bond donors (Lipinski definition) is 0. The van der Waals surface area contributed by atoms with E-state index in [4.69, 9.17) is 0 Å². The minimum absolute atomic E-state index is 0.0140. The molecule has 1 aromatic rings. The third kappa shape index (κ3) is 5.09. The van der Waals surface area contributed by atoms with E-state index in [-0.39, 0.29) is 11.7 Å². The van der Waals surface area contributed by atoms with Crippen LogP contribution in [-0.2, 0) is 0 Å². The molecule has 1 aliphatic rings. The van der Waals surface area contributed by atoms with Gasteiger partial charge in [0, 0.05) is 32.4 Å². The van der Waals surface area contributed by atoms with Crippen LogP contribution >= 0.6 is 0 Å². The fourth-order valence-corrected chi connectivity index (χ4v) is 2.72. The highest BCUT2D eigenvalue weighted by atomic mass is 19.4. The number of alkyl halides is 3. The second-order valence-electron chi connectivity index (χ2n) is 5.99. The van der Waals surface area contributed by atoms with Crippen molar-refractivity contribution in [3.8, 4) is 0 Å². The summed E-state index contributed by atoms with van der Waals surface area (Å²) in [5.41, 5.74) is 0. The van der Waals surface area contributed by atoms with Gasteiger partial charge in [0.25, 0.3) is 0 Å². The van der Waals surface area contributed by atoms with Gasteiger partial charge in [0.05, 0.1) is 0 Å². The second-order valence-corrected chi connectivity index (χ2v) is 5.99. The number of hydrogen-bond acceptors (Lipinski definition) is 3. The number of carbonyl (C=O) groups excluding carboxylic acids is 1. The second kappa shape index (κ2) is 7.16. The standard InChI is InChI=1S/C15H21F3N4O/c1-12-9-20(2)7-8-21(10-12)14(23)22(11-15(16,17)18)13-5-3-4-6-19-13/h3-6,12H,7-11H2,1-2H3/t12-/m0/s1. The zero-order valence-electron chi connectivity index (χ0n) is 13.3. The monoisotopic (exact) mass is 330 g/mol. The zero-order chi connectivity index (χ0) is 17.0. The van der Waals surface area contributed by atoms with Crippen LogP contribution in [0.15, 0.2) is 24.4 Å². The molecule has 1 saturated heterocycles. The molecule has 0 N–H and O–H groups in total. The van der Waals surface area contributed by atoms with E-state index < -0.39 is 18.8 Å². The quantitative estimate of drug-likeness (QED) is 0.836. The van der Waals surface area contributed by atoms with Crippen molar-refractivity contribution in [2.75, 3.05) is 44.7 Å². The van der Waals surface area contributed by atoms with E-state index in [1.54, 1.807) is 12.1 Å². The van der Waals surface area contributed by atoms with Gasteiger partial charge in [0.1, 0.15) is 12.4 Å². The van der Waals surface area contributed by atoms with Crippen LogP contribution in [0.2, 0.25) is 0 Å². The lowest BCUT2D eigenvalue weighted by Crippen LogP contribution is -2.49. The molecule has 0 aliphatic carbocycles. The highest BCUT2D eigenvalue weighted by Crippen LogP contribution is 2.22. The third-order valence-corrected chi connectivity index (χ3v) is 3.67. The maximum atomic E-state index is 12.9. The zero-order valence-corrected chi connectivity index (χ0v) is 13.3. The van der Waals surface area contributed by atoms with Crippen LogP contribution < -0.4 is 4.90 Å². The molecule has 23 heavy (non-hydrogen) atoms. The average molecular weight is 330 g/mol. The van der Waals surface area contributed by atoms with Gasteiger partial charge < -0.3 is 9.80 Å². The molecule has 1 aliphatic heterocycles. The normalized spacial score (nSPS) is 20.2. The van der Waals surface area contributed by atoms with Crippen LogP contribution in [-0.4, -0.2) is 66.8 Å². The van der Waals surface area contributed by atoms with Gasteiger partial charge in [-0.05, 0) is 25.1 Å². The van der Waals surface area contributed by atoms with Crippen molar-refractivity contribution in [3.05, 3.63) is 24.4 Å². The van der Waals surface area contributed by atoms with Gasteiger partial charge in [-0.15, -0.1) is 0 Å². The maximum Gasteiger partial charge on any atom is 0.406 e. The number of aromatic nitrogens is 1. The molecule has 0 spiro atoms. The summed E-state index contributed by atoms with van der Waals surface area (Å²) in [6.07, 6.45) is -3.10. The number of halogens is 3. The van der Waals surface area contributed by atoms with Crippen molar-refractivity contribution in [1.82, 2.24) is 14.8 Å². The van der Waals surface area contributed by atoms with Crippen molar-refractivity contribution in [3.63, 3.8) is 0 Å². The largest absolute Gasteiger partial charge is 0.406 e. The molecule has 8 heteroatoms. The first-order chi connectivity index (χ1) is 10.8. The highest BCUT2D eigenvalue weighted by molar-refractivity contribution is 5.91. The fourth-order valence-electron chi connectivity index (χ4n) is 2.72. The molecule has 0 aromatic carbocycles. The summed E-state index contributed by atoms with van der Waals surface area (Å²) in [4.78, 5) is 20.8. The molecule has 128 valence electrons. The summed E-state index contributed by atoms with van der Waals surface area (Å²) >= 11 is 0. The van der Waals surface area contributed by atoms with E-state index in [0.717, 1.165) is 6.54 Å². The van der Waals surface area contributed by atoms with E-state index in [0.29, 0.717) is 24.5 Å². The molecule has 0 radical (unpaired) electrons. The van der Waals surface area contributed by atoms with E-state index in [2.05, 4.69) is 9.88 Å². The van der Waals surface area contributed by atoms with Gasteiger partial charge in [-0.25, -0.2) is 9.78 Å². The summed E-state index contributed by atoms with van der Waals surface area (Å²) < 4.78 is 38.7.